The van der Waals surface area contributed by atoms with Crippen molar-refractivity contribution in [1.29, 1.82) is 0 Å². The van der Waals surface area contributed by atoms with E-state index in [1.54, 1.807) is 6.07 Å². The lowest BCUT2D eigenvalue weighted by atomic mass is 9.99. The van der Waals surface area contributed by atoms with Gasteiger partial charge in [0.25, 0.3) is 0 Å². The van der Waals surface area contributed by atoms with Gasteiger partial charge in [0.05, 0.1) is 11.4 Å². The third-order valence-electron chi connectivity index (χ3n) is 13.2. The number of phenols is 1. The molecule has 0 spiro atoms. The number of rotatable bonds is 8. The van der Waals surface area contributed by atoms with E-state index in [0.717, 1.165) is 105 Å². The van der Waals surface area contributed by atoms with Gasteiger partial charge in [0.15, 0.2) is 5.58 Å². The zero-order valence-electron chi connectivity index (χ0n) is 38.4. The summed E-state index contributed by atoms with van der Waals surface area (Å²) < 4.78 is 12.7. The van der Waals surface area contributed by atoms with E-state index in [9.17, 15) is 5.11 Å². The number of furan rings is 2. The van der Waals surface area contributed by atoms with Crippen LogP contribution >= 0.6 is 0 Å². The Morgan fingerprint density at radius 1 is 0.329 bits per heavy atom. The molecule has 334 valence electrons. The van der Waals surface area contributed by atoms with Gasteiger partial charge in [0.1, 0.15) is 22.5 Å². The van der Waals surface area contributed by atoms with Gasteiger partial charge in [-0.25, -0.2) is 0 Å². The zero-order chi connectivity index (χ0) is 47.0. The molecule has 0 aliphatic heterocycles. The summed E-state index contributed by atoms with van der Waals surface area (Å²) in [7, 11) is 2.09. The van der Waals surface area contributed by atoms with Gasteiger partial charge in [-0.15, -0.1) is 0 Å². The fourth-order valence-electron chi connectivity index (χ4n) is 9.83. The van der Waals surface area contributed by atoms with Crippen LogP contribution in [0, 0.1) is 0 Å². The Kier molecular flexibility index (Phi) is 10.9. The van der Waals surface area contributed by atoms with Gasteiger partial charge in [-0.2, -0.15) is 0 Å². The Hall–Kier alpha value is -9.32. The topological polar surface area (TPSA) is 53.0 Å². The molecule has 0 saturated heterocycles. The van der Waals surface area contributed by atoms with Crippen LogP contribution < -0.4 is 9.80 Å². The molecule has 0 saturated carbocycles. The largest absolute Gasteiger partial charge is 0.507 e. The summed E-state index contributed by atoms with van der Waals surface area (Å²) in [5.74, 6) is 0.256. The molecule has 1 N–H and O–H groups in total. The Labute approximate surface area is 406 Å². The molecule has 13 aromatic rings. The van der Waals surface area contributed by atoms with Crippen molar-refractivity contribution >= 4 is 83.1 Å². The second kappa shape index (κ2) is 18.1. The molecule has 0 fully saturated rings. The minimum atomic E-state index is 0.256. The van der Waals surface area contributed by atoms with Crippen LogP contribution in [-0.4, -0.2) is 12.2 Å². The molecule has 0 bridgehead atoms. The first-order chi connectivity index (χ1) is 34.6. The number of fused-ring (bicyclic) bond motifs is 8. The summed E-state index contributed by atoms with van der Waals surface area (Å²) >= 11 is 0. The third-order valence-corrected chi connectivity index (χ3v) is 13.2. The van der Waals surface area contributed by atoms with Gasteiger partial charge in [0.2, 0.25) is 0 Å². The van der Waals surface area contributed by atoms with Crippen molar-refractivity contribution in [2.45, 2.75) is 0 Å². The highest BCUT2D eigenvalue weighted by Crippen LogP contribution is 2.46. The molecule has 11 aromatic carbocycles. The van der Waals surface area contributed by atoms with Crippen LogP contribution in [0.2, 0.25) is 0 Å². The monoisotopic (exact) mass is 902 g/mol. The first kappa shape index (κ1) is 42.1. The minimum absolute atomic E-state index is 0.256. The molecule has 2 heterocycles. The Balaban J connectivity index is 0.000000160. The second-order valence-corrected chi connectivity index (χ2v) is 17.5. The predicted molar refractivity (Wildman–Crippen MR) is 292 cm³/mol. The summed E-state index contributed by atoms with van der Waals surface area (Å²) in [6.07, 6.45) is 0. The van der Waals surface area contributed by atoms with Crippen LogP contribution in [0.25, 0.3) is 88.0 Å². The maximum absolute atomic E-state index is 10.7. The van der Waals surface area contributed by atoms with Crippen molar-refractivity contribution < 1.29 is 13.9 Å². The quantitative estimate of drug-likeness (QED) is 0.165. The third kappa shape index (κ3) is 7.75. The first-order valence-electron chi connectivity index (χ1n) is 23.5. The lowest BCUT2D eigenvalue weighted by Gasteiger charge is -2.28. The van der Waals surface area contributed by atoms with Crippen molar-refractivity contribution in [2.24, 2.45) is 0 Å². The highest BCUT2D eigenvalue weighted by molar-refractivity contribution is 6.22. The van der Waals surface area contributed by atoms with Crippen LogP contribution in [0.5, 0.6) is 5.75 Å². The van der Waals surface area contributed by atoms with E-state index < -0.39 is 0 Å². The molecule has 0 unspecified atom stereocenters. The SMILES string of the molecule is CN(c1cccc(-c2ccccc2)c1)c1cccc2c1oc1ccccc12.Oc1ccccc1-c1cccc(N(c2cccc(-c3ccccc3)c2)c2cc3oc4ccccc4c3c3ccccc23)c1. The number of hydrogen-bond acceptors (Lipinski definition) is 5. The average Bonchev–Trinajstić information content (AvgIpc) is 4.01. The van der Waals surface area contributed by atoms with Crippen molar-refractivity contribution in [3.63, 3.8) is 0 Å². The summed E-state index contributed by atoms with van der Waals surface area (Å²) in [6.45, 7) is 0. The number of anilines is 5. The fourth-order valence-corrected chi connectivity index (χ4v) is 9.83. The summed E-state index contributed by atoms with van der Waals surface area (Å²) in [5.41, 5.74) is 15.2. The van der Waals surface area contributed by atoms with E-state index in [1.807, 2.05) is 66.7 Å². The summed E-state index contributed by atoms with van der Waals surface area (Å²) in [6, 6.07) is 87.5. The maximum atomic E-state index is 10.7. The van der Waals surface area contributed by atoms with Crippen molar-refractivity contribution in [3.05, 3.63) is 255 Å². The predicted octanol–water partition coefficient (Wildman–Crippen LogP) is 18.3. The molecule has 13 rings (SSSR count). The minimum Gasteiger partial charge on any atom is -0.507 e. The molecule has 2 aromatic heterocycles. The molecule has 0 aliphatic rings. The van der Waals surface area contributed by atoms with Gasteiger partial charge in [-0.3, -0.25) is 0 Å². The molecule has 0 atom stereocenters. The number of hydrogen-bond donors (Lipinski definition) is 1. The smallest absolute Gasteiger partial charge is 0.159 e. The van der Waals surface area contributed by atoms with E-state index in [1.165, 1.54) is 11.1 Å². The van der Waals surface area contributed by atoms with E-state index >= 15 is 0 Å². The molecular formula is C65H46N2O3. The van der Waals surface area contributed by atoms with Crippen LogP contribution in [0.4, 0.5) is 28.4 Å². The molecule has 5 nitrogen and oxygen atoms in total. The van der Waals surface area contributed by atoms with Crippen molar-refractivity contribution in [1.82, 2.24) is 0 Å². The summed E-state index contributed by atoms with van der Waals surface area (Å²) in [4.78, 5) is 4.49. The van der Waals surface area contributed by atoms with Crippen LogP contribution in [0.3, 0.4) is 0 Å². The molecular weight excluding hydrogens is 857 g/mol. The second-order valence-electron chi connectivity index (χ2n) is 17.5. The Bertz CT molecular complexity index is 4000. The van der Waals surface area contributed by atoms with E-state index in [2.05, 4.69) is 199 Å². The van der Waals surface area contributed by atoms with Gasteiger partial charge >= 0.3 is 0 Å². The van der Waals surface area contributed by atoms with E-state index in [0.29, 0.717) is 0 Å². The number of phenolic OH excluding ortho intramolecular Hbond substituents is 1. The van der Waals surface area contributed by atoms with E-state index in [4.69, 9.17) is 8.83 Å². The van der Waals surface area contributed by atoms with Crippen LogP contribution in [0.15, 0.2) is 264 Å². The normalized spacial score (nSPS) is 11.3. The maximum Gasteiger partial charge on any atom is 0.159 e. The van der Waals surface area contributed by atoms with Crippen LogP contribution in [-0.2, 0) is 0 Å². The molecule has 5 heteroatoms. The van der Waals surface area contributed by atoms with Gasteiger partial charge < -0.3 is 23.7 Å². The highest BCUT2D eigenvalue weighted by atomic mass is 16.3. The summed E-state index contributed by atoms with van der Waals surface area (Å²) in [5, 5.41) is 17.5. The van der Waals surface area contributed by atoms with Crippen molar-refractivity contribution in [3.8, 4) is 39.1 Å². The number of nitrogens with zero attached hydrogens (tertiary/aromatic N) is 2. The molecule has 0 amide bonds. The average molecular weight is 903 g/mol. The Morgan fingerprint density at radius 2 is 0.814 bits per heavy atom. The zero-order valence-corrected chi connectivity index (χ0v) is 38.4. The van der Waals surface area contributed by atoms with Crippen molar-refractivity contribution in [2.75, 3.05) is 16.8 Å². The van der Waals surface area contributed by atoms with Gasteiger partial charge in [0, 0.05) is 62.7 Å². The van der Waals surface area contributed by atoms with Crippen LogP contribution in [0.1, 0.15) is 0 Å². The number of aromatic hydroxyl groups is 1. The van der Waals surface area contributed by atoms with Gasteiger partial charge in [-0.05, 0) is 93.9 Å². The molecule has 0 radical (unpaired) electrons. The highest BCUT2D eigenvalue weighted by Gasteiger charge is 2.22. The molecule has 0 aliphatic carbocycles. The number of benzene rings is 11. The lowest BCUT2D eigenvalue weighted by molar-refractivity contribution is 0.477. The lowest BCUT2D eigenvalue weighted by Crippen LogP contribution is -2.11. The van der Waals surface area contributed by atoms with Gasteiger partial charge in [-0.1, -0.05) is 188 Å². The fraction of sp³-hybridized carbons (Fsp3) is 0.0154. The number of para-hydroxylation sites is 4. The first-order valence-corrected chi connectivity index (χ1v) is 23.5. The van der Waals surface area contributed by atoms with E-state index in [-0.39, 0.29) is 5.75 Å². The Morgan fingerprint density at radius 3 is 1.50 bits per heavy atom. The molecule has 70 heavy (non-hydrogen) atoms. The standard InChI is InChI=1S/C40H27NO2.C25H19NO/c42-37-22-8-6-18-32(37)29-15-11-17-31(25-29)41(30-16-10-14-28(24-30)27-12-2-1-3-13-27)36-26-39-40(34-20-5-4-19-33(34)36)35-21-7-9-23-38(35)43-39;1-26(20-12-7-11-19(17-20)18-9-3-2-4-10-18)23-15-8-14-22-21-13-5-6-16-24(21)27-25(22)23/h1-26,42H;2-17H,1H3.